The molecule has 0 unspecified atom stereocenters. The number of ether oxygens (including phenoxy) is 1. The fraction of sp³-hybridized carbons (Fsp3) is 0.143. The van der Waals surface area contributed by atoms with Gasteiger partial charge in [0, 0.05) is 0 Å². The van der Waals surface area contributed by atoms with Crippen LogP contribution in [0.4, 0.5) is 0 Å². The SMILES string of the molecule is COC(=O)c1ccc(O)c(I)n1. The van der Waals surface area contributed by atoms with Crippen LogP contribution in [0, 0.1) is 3.70 Å². The normalized spacial score (nSPS) is 9.50. The summed E-state index contributed by atoms with van der Waals surface area (Å²) in [4.78, 5) is 14.7. The second-order valence-corrected chi connectivity index (χ2v) is 3.02. The number of pyridine rings is 1. The zero-order valence-electron chi connectivity index (χ0n) is 6.24. The zero-order chi connectivity index (χ0) is 9.14. The molecule has 0 amide bonds. The second-order valence-electron chi connectivity index (χ2n) is 2.00. The van der Waals surface area contributed by atoms with Crippen molar-refractivity contribution in [2.45, 2.75) is 0 Å². The van der Waals surface area contributed by atoms with E-state index in [4.69, 9.17) is 5.11 Å². The first kappa shape index (κ1) is 9.24. The maximum atomic E-state index is 10.9. The lowest BCUT2D eigenvalue weighted by molar-refractivity contribution is 0.0593. The summed E-state index contributed by atoms with van der Waals surface area (Å²) in [7, 11) is 1.28. The van der Waals surface area contributed by atoms with Crippen LogP contribution < -0.4 is 0 Å². The Balaban J connectivity index is 3.05. The van der Waals surface area contributed by atoms with Crippen molar-refractivity contribution in [3.05, 3.63) is 21.5 Å². The van der Waals surface area contributed by atoms with Gasteiger partial charge in [0.2, 0.25) is 0 Å². The van der Waals surface area contributed by atoms with Crippen LogP contribution in [0.1, 0.15) is 10.5 Å². The summed E-state index contributed by atoms with van der Waals surface area (Å²) >= 11 is 1.83. The molecule has 0 aliphatic rings. The van der Waals surface area contributed by atoms with E-state index in [1.807, 2.05) is 22.6 Å². The smallest absolute Gasteiger partial charge is 0.356 e. The lowest BCUT2D eigenvalue weighted by atomic mass is 10.3. The molecule has 1 rings (SSSR count). The zero-order valence-corrected chi connectivity index (χ0v) is 8.40. The topological polar surface area (TPSA) is 59.4 Å². The Morgan fingerprint density at radius 2 is 2.33 bits per heavy atom. The summed E-state index contributed by atoms with van der Waals surface area (Å²) in [5.41, 5.74) is 0.194. The van der Waals surface area contributed by atoms with E-state index in [-0.39, 0.29) is 11.4 Å². The monoisotopic (exact) mass is 279 g/mol. The maximum Gasteiger partial charge on any atom is 0.356 e. The Kier molecular flexibility index (Phi) is 2.85. The molecule has 0 aliphatic heterocycles. The van der Waals surface area contributed by atoms with E-state index in [2.05, 4.69) is 9.72 Å². The number of aromatic nitrogens is 1. The molecule has 0 atom stereocenters. The van der Waals surface area contributed by atoms with Crippen LogP contribution in [0.2, 0.25) is 0 Å². The van der Waals surface area contributed by atoms with E-state index in [0.717, 1.165) is 0 Å². The molecule has 0 radical (unpaired) electrons. The van der Waals surface area contributed by atoms with Gasteiger partial charge in [0.25, 0.3) is 0 Å². The molecule has 0 bridgehead atoms. The molecule has 4 nitrogen and oxygen atoms in total. The lowest BCUT2D eigenvalue weighted by Crippen LogP contribution is -2.04. The van der Waals surface area contributed by atoms with Gasteiger partial charge in [0.15, 0.2) is 0 Å². The predicted molar refractivity (Wildman–Crippen MR) is 50.0 cm³/mol. The fourth-order valence-corrected chi connectivity index (χ4v) is 1.08. The van der Waals surface area contributed by atoms with Crippen LogP contribution in [-0.4, -0.2) is 23.2 Å². The molecular weight excluding hydrogens is 273 g/mol. The quantitative estimate of drug-likeness (QED) is 0.476. The number of hydrogen-bond donors (Lipinski definition) is 1. The van der Waals surface area contributed by atoms with Gasteiger partial charge >= 0.3 is 5.97 Å². The molecular formula is C7H6INO3. The van der Waals surface area contributed by atoms with Gasteiger partial charge in [-0.05, 0) is 34.7 Å². The molecule has 5 heteroatoms. The fourth-order valence-electron chi connectivity index (χ4n) is 0.645. The predicted octanol–water partition coefficient (Wildman–Crippen LogP) is 1.18. The summed E-state index contributed by atoms with van der Waals surface area (Å²) < 4.78 is 4.83. The number of rotatable bonds is 1. The maximum absolute atomic E-state index is 10.9. The van der Waals surface area contributed by atoms with Crippen LogP contribution in [0.3, 0.4) is 0 Å². The number of methoxy groups -OCH3 is 1. The molecule has 1 aromatic rings. The third-order valence-electron chi connectivity index (χ3n) is 1.22. The Bertz CT molecular complexity index is 314. The van der Waals surface area contributed by atoms with Gasteiger partial charge in [-0.1, -0.05) is 0 Å². The van der Waals surface area contributed by atoms with E-state index >= 15 is 0 Å². The van der Waals surface area contributed by atoms with E-state index in [1.165, 1.54) is 19.2 Å². The number of nitrogens with zero attached hydrogens (tertiary/aromatic N) is 1. The van der Waals surface area contributed by atoms with Crippen molar-refractivity contribution in [3.8, 4) is 5.75 Å². The van der Waals surface area contributed by atoms with Gasteiger partial charge in [-0.3, -0.25) is 0 Å². The average Bonchev–Trinajstić information content (AvgIpc) is 2.08. The van der Waals surface area contributed by atoms with Crippen LogP contribution in [0.5, 0.6) is 5.75 Å². The minimum Gasteiger partial charge on any atom is -0.505 e. The van der Waals surface area contributed by atoms with E-state index in [1.54, 1.807) is 0 Å². The van der Waals surface area contributed by atoms with Crippen LogP contribution in [0.15, 0.2) is 12.1 Å². The minimum atomic E-state index is -0.507. The Labute approximate surface area is 82.7 Å². The second kappa shape index (κ2) is 3.70. The lowest BCUT2D eigenvalue weighted by Gasteiger charge is -1.99. The highest BCUT2D eigenvalue weighted by Crippen LogP contribution is 2.16. The van der Waals surface area contributed by atoms with Crippen LogP contribution >= 0.6 is 22.6 Å². The number of halogens is 1. The molecule has 0 saturated carbocycles. The summed E-state index contributed by atoms with van der Waals surface area (Å²) in [6.45, 7) is 0. The van der Waals surface area contributed by atoms with E-state index in [9.17, 15) is 4.79 Å². The first-order valence-electron chi connectivity index (χ1n) is 3.09. The van der Waals surface area contributed by atoms with Gasteiger partial charge in [-0.25, -0.2) is 9.78 Å². The standard InChI is InChI=1S/C7H6INO3/c1-12-7(11)4-2-3-5(10)6(8)9-4/h2-3,10H,1H3. The van der Waals surface area contributed by atoms with Crippen molar-refractivity contribution in [2.24, 2.45) is 0 Å². The van der Waals surface area contributed by atoms with Crippen molar-refractivity contribution in [2.75, 3.05) is 7.11 Å². The largest absolute Gasteiger partial charge is 0.505 e. The number of carbonyl (C=O) groups is 1. The highest BCUT2D eigenvalue weighted by molar-refractivity contribution is 14.1. The number of carbonyl (C=O) groups excluding carboxylic acids is 1. The van der Waals surface area contributed by atoms with E-state index < -0.39 is 5.97 Å². The molecule has 1 heterocycles. The van der Waals surface area contributed by atoms with Gasteiger partial charge in [-0.15, -0.1) is 0 Å². The molecule has 0 spiro atoms. The molecule has 0 fully saturated rings. The summed E-state index contributed by atoms with van der Waals surface area (Å²) in [5.74, 6) is -0.448. The molecule has 0 aromatic carbocycles. The van der Waals surface area contributed by atoms with Gasteiger partial charge in [0.1, 0.15) is 15.1 Å². The molecule has 1 aromatic heterocycles. The highest BCUT2D eigenvalue weighted by atomic mass is 127. The minimum absolute atomic E-state index is 0.0586. The number of hydrogen-bond acceptors (Lipinski definition) is 4. The summed E-state index contributed by atoms with van der Waals surface area (Å²) in [6, 6.07) is 2.81. The summed E-state index contributed by atoms with van der Waals surface area (Å²) in [5, 5.41) is 9.08. The number of esters is 1. The van der Waals surface area contributed by atoms with Crippen molar-refractivity contribution >= 4 is 28.6 Å². The van der Waals surface area contributed by atoms with Crippen molar-refractivity contribution < 1.29 is 14.6 Å². The van der Waals surface area contributed by atoms with Gasteiger partial charge in [0.05, 0.1) is 7.11 Å². The molecule has 0 aliphatic carbocycles. The highest BCUT2D eigenvalue weighted by Gasteiger charge is 2.08. The summed E-state index contributed by atoms with van der Waals surface area (Å²) in [6.07, 6.45) is 0. The third kappa shape index (κ3) is 1.84. The van der Waals surface area contributed by atoms with Crippen LogP contribution in [0.25, 0.3) is 0 Å². The van der Waals surface area contributed by atoms with Gasteiger partial charge < -0.3 is 9.84 Å². The number of aromatic hydroxyl groups is 1. The first-order valence-corrected chi connectivity index (χ1v) is 4.17. The van der Waals surface area contributed by atoms with Gasteiger partial charge in [-0.2, -0.15) is 0 Å². The van der Waals surface area contributed by atoms with Crippen molar-refractivity contribution in [1.29, 1.82) is 0 Å². The molecule has 64 valence electrons. The van der Waals surface area contributed by atoms with Crippen molar-refractivity contribution in [3.63, 3.8) is 0 Å². The Morgan fingerprint density at radius 1 is 1.67 bits per heavy atom. The molecule has 0 saturated heterocycles. The van der Waals surface area contributed by atoms with E-state index in [0.29, 0.717) is 3.70 Å². The third-order valence-corrected chi connectivity index (χ3v) is 2.02. The molecule has 12 heavy (non-hydrogen) atoms. The first-order chi connectivity index (χ1) is 5.65. The Hall–Kier alpha value is -0.850. The Morgan fingerprint density at radius 3 is 2.83 bits per heavy atom. The average molecular weight is 279 g/mol. The van der Waals surface area contributed by atoms with Crippen molar-refractivity contribution in [1.82, 2.24) is 4.98 Å². The molecule has 1 N–H and O–H groups in total. The van der Waals surface area contributed by atoms with Crippen LogP contribution in [-0.2, 0) is 4.74 Å².